The van der Waals surface area contributed by atoms with Gasteiger partial charge in [0.15, 0.2) is 0 Å². The second kappa shape index (κ2) is 6.78. The van der Waals surface area contributed by atoms with Crippen molar-refractivity contribution >= 4 is 11.6 Å². The van der Waals surface area contributed by atoms with E-state index in [1.807, 2.05) is 17.0 Å². The Morgan fingerprint density at radius 2 is 2.20 bits per heavy atom. The number of carbonyl (C=O) groups is 1. The van der Waals surface area contributed by atoms with E-state index in [4.69, 9.17) is 0 Å². The Morgan fingerprint density at radius 3 is 2.90 bits per heavy atom. The number of nitrogens with zero attached hydrogens (tertiary/aromatic N) is 1. The third-order valence-electron chi connectivity index (χ3n) is 4.04. The van der Waals surface area contributed by atoms with Crippen LogP contribution in [0.1, 0.15) is 49.0 Å². The van der Waals surface area contributed by atoms with Crippen LogP contribution in [0.15, 0.2) is 18.2 Å². The van der Waals surface area contributed by atoms with Crippen molar-refractivity contribution in [1.82, 2.24) is 4.90 Å². The summed E-state index contributed by atoms with van der Waals surface area (Å²) < 4.78 is 0. The minimum Gasteiger partial charge on any atom is -0.385 e. The van der Waals surface area contributed by atoms with Crippen LogP contribution in [0.25, 0.3) is 0 Å². The number of hydrogen-bond donors (Lipinski definition) is 1. The molecule has 3 heteroatoms. The molecule has 0 aliphatic carbocycles. The lowest BCUT2D eigenvalue weighted by atomic mass is 10.0. The number of rotatable bonds is 5. The molecule has 0 bridgehead atoms. The Kier molecular flexibility index (Phi) is 5.05. The number of aryl methyl sites for hydroxylation is 1. The first-order chi connectivity index (χ1) is 9.65. The van der Waals surface area contributed by atoms with Crippen molar-refractivity contribution in [3.05, 3.63) is 29.3 Å². The molecule has 0 aromatic heterocycles. The van der Waals surface area contributed by atoms with E-state index in [9.17, 15) is 4.79 Å². The predicted octanol–water partition coefficient (Wildman–Crippen LogP) is 3.69. The summed E-state index contributed by atoms with van der Waals surface area (Å²) in [7, 11) is 0. The monoisotopic (exact) mass is 274 g/mol. The van der Waals surface area contributed by atoms with E-state index in [2.05, 4.69) is 32.2 Å². The zero-order valence-electron chi connectivity index (χ0n) is 12.9. The van der Waals surface area contributed by atoms with Gasteiger partial charge in [0.25, 0.3) is 5.91 Å². The van der Waals surface area contributed by atoms with Crippen LogP contribution >= 0.6 is 0 Å². The van der Waals surface area contributed by atoms with Gasteiger partial charge in [0.2, 0.25) is 0 Å². The number of amides is 1. The zero-order valence-corrected chi connectivity index (χ0v) is 12.9. The quantitative estimate of drug-likeness (QED) is 0.888. The highest BCUT2D eigenvalue weighted by molar-refractivity contribution is 5.99. The molecule has 1 unspecified atom stereocenters. The van der Waals surface area contributed by atoms with Gasteiger partial charge in [0, 0.05) is 25.3 Å². The van der Waals surface area contributed by atoms with Crippen molar-refractivity contribution in [2.24, 2.45) is 5.92 Å². The molecule has 0 radical (unpaired) electrons. The predicted molar refractivity (Wildman–Crippen MR) is 84.3 cm³/mol. The molecule has 0 saturated carbocycles. The topological polar surface area (TPSA) is 32.3 Å². The normalized spacial score (nSPS) is 18.4. The van der Waals surface area contributed by atoms with Crippen LogP contribution < -0.4 is 5.32 Å². The highest BCUT2D eigenvalue weighted by Crippen LogP contribution is 2.25. The van der Waals surface area contributed by atoms with E-state index in [1.165, 1.54) is 18.4 Å². The van der Waals surface area contributed by atoms with Gasteiger partial charge in [-0.15, -0.1) is 0 Å². The lowest BCUT2D eigenvalue weighted by Crippen LogP contribution is -2.29. The van der Waals surface area contributed by atoms with Gasteiger partial charge in [-0.2, -0.15) is 0 Å². The van der Waals surface area contributed by atoms with Crippen LogP contribution in [0, 0.1) is 12.8 Å². The van der Waals surface area contributed by atoms with Crippen LogP contribution in [0.2, 0.25) is 0 Å². The van der Waals surface area contributed by atoms with Crippen molar-refractivity contribution < 1.29 is 4.79 Å². The molecular formula is C17H26N2O. The van der Waals surface area contributed by atoms with Crippen LogP contribution in [-0.2, 0) is 0 Å². The SMILES string of the molecule is CCCC1CCN(C(=O)c2ccc(C)cc2NCC)C1. The molecule has 110 valence electrons. The highest BCUT2D eigenvalue weighted by atomic mass is 16.2. The fourth-order valence-electron chi connectivity index (χ4n) is 3.01. The van der Waals surface area contributed by atoms with Crippen LogP contribution in [0.3, 0.4) is 0 Å². The van der Waals surface area contributed by atoms with Crippen LogP contribution in [0.4, 0.5) is 5.69 Å². The second-order valence-electron chi connectivity index (χ2n) is 5.77. The molecule has 1 atom stereocenters. The van der Waals surface area contributed by atoms with Crippen molar-refractivity contribution in [3.8, 4) is 0 Å². The summed E-state index contributed by atoms with van der Waals surface area (Å²) in [6, 6.07) is 6.05. The summed E-state index contributed by atoms with van der Waals surface area (Å²) in [6.45, 7) is 9.00. The highest BCUT2D eigenvalue weighted by Gasteiger charge is 2.27. The summed E-state index contributed by atoms with van der Waals surface area (Å²) in [6.07, 6.45) is 3.60. The molecular weight excluding hydrogens is 248 g/mol. The molecule has 1 saturated heterocycles. The van der Waals surface area contributed by atoms with Crippen molar-refractivity contribution in [2.45, 2.75) is 40.0 Å². The van der Waals surface area contributed by atoms with Gasteiger partial charge in [-0.1, -0.05) is 19.4 Å². The zero-order chi connectivity index (χ0) is 14.5. The van der Waals surface area contributed by atoms with Gasteiger partial charge >= 0.3 is 0 Å². The van der Waals surface area contributed by atoms with Gasteiger partial charge in [0.1, 0.15) is 0 Å². The number of hydrogen-bond acceptors (Lipinski definition) is 2. The van der Waals surface area contributed by atoms with E-state index in [0.29, 0.717) is 5.92 Å². The van der Waals surface area contributed by atoms with Crippen molar-refractivity contribution in [3.63, 3.8) is 0 Å². The summed E-state index contributed by atoms with van der Waals surface area (Å²) in [5, 5.41) is 3.31. The number of nitrogens with one attached hydrogen (secondary N) is 1. The molecule has 1 aliphatic heterocycles. The second-order valence-corrected chi connectivity index (χ2v) is 5.77. The fourth-order valence-corrected chi connectivity index (χ4v) is 3.01. The van der Waals surface area contributed by atoms with Gasteiger partial charge in [-0.3, -0.25) is 4.79 Å². The molecule has 2 rings (SSSR count). The fraction of sp³-hybridized carbons (Fsp3) is 0.588. The van der Waals surface area contributed by atoms with E-state index < -0.39 is 0 Å². The Hall–Kier alpha value is -1.51. The molecule has 1 N–H and O–H groups in total. The number of likely N-dealkylation sites (tertiary alicyclic amines) is 1. The molecule has 1 aromatic rings. The Morgan fingerprint density at radius 1 is 1.40 bits per heavy atom. The lowest BCUT2D eigenvalue weighted by molar-refractivity contribution is 0.0787. The van der Waals surface area contributed by atoms with E-state index in [1.54, 1.807) is 0 Å². The first-order valence-corrected chi connectivity index (χ1v) is 7.79. The van der Waals surface area contributed by atoms with E-state index in [-0.39, 0.29) is 5.91 Å². The Balaban J connectivity index is 2.13. The molecule has 1 amide bonds. The average molecular weight is 274 g/mol. The maximum Gasteiger partial charge on any atom is 0.255 e. The third-order valence-corrected chi connectivity index (χ3v) is 4.04. The molecule has 3 nitrogen and oxygen atoms in total. The first-order valence-electron chi connectivity index (χ1n) is 7.79. The minimum atomic E-state index is 0.180. The van der Waals surface area contributed by atoms with Gasteiger partial charge in [-0.25, -0.2) is 0 Å². The molecule has 0 spiro atoms. The number of anilines is 1. The Labute approximate surface area is 122 Å². The van der Waals surface area contributed by atoms with Gasteiger partial charge in [-0.05, 0) is 50.3 Å². The van der Waals surface area contributed by atoms with E-state index in [0.717, 1.165) is 37.3 Å². The Bertz CT molecular complexity index is 470. The lowest BCUT2D eigenvalue weighted by Gasteiger charge is -2.19. The standard InChI is InChI=1S/C17H26N2O/c1-4-6-14-9-10-19(12-14)17(20)15-8-7-13(3)11-16(15)18-5-2/h7-8,11,14,18H,4-6,9-10,12H2,1-3H3. The molecule has 1 heterocycles. The average Bonchev–Trinajstić information content (AvgIpc) is 2.88. The van der Waals surface area contributed by atoms with Gasteiger partial charge < -0.3 is 10.2 Å². The number of benzene rings is 1. The maximum absolute atomic E-state index is 12.7. The minimum absolute atomic E-state index is 0.180. The van der Waals surface area contributed by atoms with Crippen molar-refractivity contribution in [1.29, 1.82) is 0 Å². The summed E-state index contributed by atoms with van der Waals surface area (Å²) in [5.41, 5.74) is 2.97. The van der Waals surface area contributed by atoms with E-state index >= 15 is 0 Å². The summed E-state index contributed by atoms with van der Waals surface area (Å²) in [4.78, 5) is 14.7. The smallest absolute Gasteiger partial charge is 0.255 e. The third kappa shape index (κ3) is 3.33. The van der Waals surface area contributed by atoms with Crippen LogP contribution in [0.5, 0.6) is 0 Å². The number of carbonyl (C=O) groups excluding carboxylic acids is 1. The first kappa shape index (κ1) is 14.9. The maximum atomic E-state index is 12.7. The largest absolute Gasteiger partial charge is 0.385 e. The summed E-state index contributed by atoms with van der Waals surface area (Å²) in [5.74, 6) is 0.872. The molecule has 1 aliphatic rings. The molecule has 1 aromatic carbocycles. The van der Waals surface area contributed by atoms with Crippen LogP contribution in [-0.4, -0.2) is 30.4 Å². The van der Waals surface area contributed by atoms with Gasteiger partial charge in [0.05, 0.1) is 5.56 Å². The molecule has 1 fully saturated rings. The van der Waals surface area contributed by atoms with Crippen molar-refractivity contribution in [2.75, 3.05) is 25.0 Å². The molecule has 20 heavy (non-hydrogen) atoms. The summed E-state index contributed by atoms with van der Waals surface area (Å²) >= 11 is 0.